The topological polar surface area (TPSA) is 30.5 Å². The van der Waals surface area contributed by atoms with Crippen molar-refractivity contribution in [2.75, 3.05) is 19.5 Å². The van der Waals surface area contributed by atoms with Crippen LogP contribution in [0.15, 0.2) is 12.1 Å². The Hall–Kier alpha value is -1.09. The molecule has 1 N–H and O–H groups in total. The van der Waals surface area contributed by atoms with E-state index in [0.29, 0.717) is 16.8 Å². The van der Waals surface area contributed by atoms with E-state index in [9.17, 15) is 0 Å². The van der Waals surface area contributed by atoms with Crippen LogP contribution in [-0.2, 0) is 0 Å². The van der Waals surface area contributed by atoms with E-state index in [-0.39, 0.29) is 0 Å². The second-order valence-electron chi connectivity index (χ2n) is 3.64. The number of methoxy groups -OCH3 is 2. The normalized spacial score (nSPS) is 12.1. The second kappa shape index (κ2) is 5.85. The van der Waals surface area contributed by atoms with Gasteiger partial charge < -0.3 is 14.8 Å². The molecule has 0 saturated heterocycles. The molecule has 1 aromatic carbocycles. The van der Waals surface area contributed by atoms with Gasteiger partial charge in [0.05, 0.1) is 24.9 Å². The van der Waals surface area contributed by atoms with Gasteiger partial charge in [0.1, 0.15) is 11.5 Å². The van der Waals surface area contributed by atoms with Crippen LogP contribution in [0.5, 0.6) is 11.5 Å². The lowest BCUT2D eigenvalue weighted by Gasteiger charge is -2.17. The van der Waals surface area contributed by atoms with E-state index in [1.807, 2.05) is 6.07 Å². The summed E-state index contributed by atoms with van der Waals surface area (Å²) in [6.07, 6.45) is 1.04. The van der Waals surface area contributed by atoms with Crippen molar-refractivity contribution in [1.82, 2.24) is 0 Å². The minimum absolute atomic E-state index is 0.375. The van der Waals surface area contributed by atoms with Gasteiger partial charge >= 0.3 is 0 Å². The van der Waals surface area contributed by atoms with Crippen LogP contribution in [-0.4, -0.2) is 20.3 Å². The number of nitrogens with one attached hydrogen (secondary N) is 1. The Balaban J connectivity index is 3.04. The van der Waals surface area contributed by atoms with Crippen molar-refractivity contribution in [2.45, 2.75) is 26.3 Å². The van der Waals surface area contributed by atoms with E-state index in [1.165, 1.54) is 0 Å². The van der Waals surface area contributed by atoms with Crippen molar-refractivity contribution < 1.29 is 9.47 Å². The Labute approximate surface area is 102 Å². The summed E-state index contributed by atoms with van der Waals surface area (Å²) in [5.41, 5.74) is 0.901. The molecule has 0 bridgehead atoms. The van der Waals surface area contributed by atoms with E-state index >= 15 is 0 Å². The minimum Gasteiger partial charge on any atom is -0.495 e. The largest absolute Gasteiger partial charge is 0.495 e. The predicted molar refractivity (Wildman–Crippen MR) is 67.9 cm³/mol. The first-order chi connectivity index (χ1) is 7.62. The van der Waals surface area contributed by atoms with Crippen LogP contribution < -0.4 is 14.8 Å². The summed E-state index contributed by atoms with van der Waals surface area (Å²) in [6, 6.07) is 3.98. The molecule has 0 radical (unpaired) electrons. The summed E-state index contributed by atoms with van der Waals surface area (Å²) in [4.78, 5) is 0. The van der Waals surface area contributed by atoms with Crippen LogP contribution >= 0.6 is 11.6 Å². The molecular weight excluding hydrogens is 226 g/mol. The molecule has 0 aliphatic carbocycles. The fourth-order valence-corrected chi connectivity index (χ4v) is 1.57. The zero-order valence-corrected chi connectivity index (χ0v) is 10.9. The Morgan fingerprint density at radius 3 is 2.38 bits per heavy atom. The Morgan fingerprint density at radius 2 is 1.88 bits per heavy atom. The lowest BCUT2D eigenvalue weighted by molar-refractivity contribution is 0.404. The van der Waals surface area contributed by atoms with Gasteiger partial charge in [-0.1, -0.05) is 18.5 Å². The monoisotopic (exact) mass is 243 g/mol. The van der Waals surface area contributed by atoms with Gasteiger partial charge in [-0.2, -0.15) is 0 Å². The molecule has 0 heterocycles. The van der Waals surface area contributed by atoms with Gasteiger partial charge in [0, 0.05) is 18.2 Å². The van der Waals surface area contributed by atoms with Crippen molar-refractivity contribution in [1.29, 1.82) is 0 Å². The van der Waals surface area contributed by atoms with Crippen LogP contribution in [0.2, 0.25) is 5.02 Å². The summed E-state index contributed by atoms with van der Waals surface area (Å²) in [5.74, 6) is 1.37. The van der Waals surface area contributed by atoms with Crippen LogP contribution in [0.1, 0.15) is 20.3 Å². The molecule has 0 aliphatic heterocycles. The van der Waals surface area contributed by atoms with Crippen molar-refractivity contribution in [3.8, 4) is 11.5 Å². The van der Waals surface area contributed by atoms with Gasteiger partial charge in [0.2, 0.25) is 0 Å². The van der Waals surface area contributed by atoms with Crippen molar-refractivity contribution in [2.24, 2.45) is 0 Å². The van der Waals surface area contributed by atoms with Crippen molar-refractivity contribution in [3.63, 3.8) is 0 Å². The third-order valence-corrected chi connectivity index (χ3v) is 2.78. The lowest BCUT2D eigenvalue weighted by Crippen LogP contribution is -2.14. The van der Waals surface area contributed by atoms with Crippen LogP contribution in [0.4, 0.5) is 5.69 Å². The van der Waals surface area contributed by atoms with Crippen LogP contribution in [0, 0.1) is 0 Å². The van der Waals surface area contributed by atoms with Crippen molar-refractivity contribution in [3.05, 3.63) is 17.2 Å². The van der Waals surface area contributed by atoms with E-state index in [0.717, 1.165) is 17.9 Å². The van der Waals surface area contributed by atoms with Gasteiger partial charge in [0.25, 0.3) is 0 Å². The Kier molecular flexibility index (Phi) is 4.74. The Bertz CT molecular complexity index is 355. The highest BCUT2D eigenvalue weighted by Gasteiger charge is 2.11. The number of halogens is 1. The molecule has 16 heavy (non-hydrogen) atoms. The number of hydrogen-bond donors (Lipinski definition) is 1. The van der Waals surface area contributed by atoms with Crippen molar-refractivity contribution >= 4 is 17.3 Å². The zero-order chi connectivity index (χ0) is 12.1. The third kappa shape index (κ3) is 2.95. The predicted octanol–water partition coefficient (Wildman–Crippen LogP) is 3.57. The number of benzene rings is 1. The maximum absolute atomic E-state index is 6.02. The second-order valence-corrected chi connectivity index (χ2v) is 4.05. The first-order valence-corrected chi connectivity index (χ1v) is 5.68. The molecular formula is C12H18ClNO2. The summed E-state index contributed by atoms with van der Waals surface area (Å²) in [5, 5.41) is 3.90. The van der Waals surface area contributed by atoms with E-state index in [4.69, 9.17) is 21.1 Å². The average molecular weight is 244 g/mol. The standard InChI is InChI=1S/C12H18ClNO2/c1-5-8(2)14-10-7-11(15-3)9(13)6-12(10)16-4/h6-8,14H,5H2,1-4H3. The fourth-order valence-electron chi connectivity index (χ4n) is 1.34. The first kappa shape index (κ1) is 13.0. The number of anilines is 1. The summed E-state index contributed by atoms with van der Waals surface area (Å²) in [7, 11) is 3.22. The maximum Gasteiger partial charge on any atom is 0.143 e. The molecule has 1 rings (SSSR count). The van der Waals surface area contributed by atoms with Gasteiger partial charge in [0.15, 0.2) is 0 Å². The fraction of sp³-hybridized carbons (Fsp3) is 0.500. The highest BCUT2D eigenvalue weighted by Crippen LogP contribution is 2.36. The number of ether oxygens (including phenoxy) is 2. The average Bonchev–Trinajstić information content (AvgIpc) is 2.30. The number of rotatable bonds is 5. The summed E-state index contributed by atoms with van der Waals surface area (Å²) < 4.78 is 10.4. The smallest absolute Gasteiger partial charge is 0.143 e. The minimum atomic E-state index is 0.375. The molecule has 0 amide bonds. The van der Waals surface area contributed by atoms with E-state index in [1.54, 1.807) is 20.3 Å². The van der Waals surface area contributed by atoms with Crippen LogP contribution in [0.25, 0.3) is 0 Å². The number of hydrogen-bond acceptors (Lipinski definition) is 3. The Morgan fingerprint density at radius 1 is 1.25 bits per heavy atom. The molecule has 1 aromatic rings. The first-order valence-electron chi connectivity index (χ1n) is 5.30. The quantitative estimate of drug-likeness (QED) is 0.858. The molecule has 0 aliphatic rings. The van der Waals surface area contributed by atoms with Gasteiger partial charge in [-0.25, -0.2) is 0 Å². The molecule has 4 heteroatoms. The highest BCUT2D eigenvalue weighted by atomic mass is 35.5. The SMILES string of the molecule is CCC(C)Nc1cc(OC)c(Cl)cc1OC. The van der Waals surface area contributed by atoms with Gasteiger partial charge in [-0.05, 0) is 13.3 Å². The molecule has 90 valence electrons. The molecule has 0 saturated carbocycles. The van der Waals surface area contributed by atoms with Crippen LogP contribution in [0.3, 0.4) is 0 Å². The van der Waals surface area contributed by atoms with Gasteiger partial charge in [-0.15, -0.1) is 0 Å². The molecule has 3 nitrogen and oxygen atoms in total. The summed E-state index contributed by atoms with van der Waals surface area (Å²) in [6.45, 7) is 4.23. The van der Waals surface area contributed by atoms with E-state index in [2.05, 4.69) is 19.2 Å². The zero-order valence-electron chi connectivity index (χ0n) is 10.1. The highest BCUT2D eigenvalue weighted by molar-refractivity contribution is 6.32. The third-order valence-electron chi connectivity index (χ3n) is 2.49. The lowest BCUT2D eigenvalue weighted by atomic mass is 10.2. The molecule has 0 aromatic heterocycles. The molecule has 1 atom stereocenters. The maximum atomic E-state index is 6.02. The van der Waals surface area contributed by atoms with E-state index < -0.39 is 0 Å². The molecule has 1 unspecified atom stereocenters. The van der Waals surface area contributed by atoms with Gasteiger partial charge in [-0.3, -0.25) is 0 Å². The molecule has 0 fully saturated rings. The molecule has 0 spiro atoms. The summed E-state index contributed by atoms with van der Waals surface area (Å²) >= 11 is 6.02.